The van der Waals surface area contributed by atoms with E-state index in [0.717, 1.165) is 0 Å². The van der Waals surface area contributed by atoms with Crippen LogP contribution in [0.4, 0.5) is 0 Å². The summed E-state index contributed by atoms with van der Waals surface area (Å²) in [5.41, 5.74) is 4.95. The van der Waals surface area contributed by atoms with Crippen molar-refractivity contribution in [3.8, 4) is 0 Å². The average molecular weight is 262 g/mol. The predicted molar refractivity (Wildman–Crippen MR) is 65.6 cm³/mol. The molecule has 0 radical (unpaired) electrons. The summed E-state index contributed by atoms with van der Waals surface area (Å²) in [4.78, 5) is 34.0. The van der Waals surface area contributed by atoms with Crippen molar-refractivity contribution in [3.05, 3.63) is 0 Å². The molecule has 3 N–H and O–H groups in total. The molecule has 98 valence electrons. The summed E-state index contributed by atoms with van der Waals surface area (Å²) < 4.78 is 0. The minimum atomic E-state index is -0.923. The van der Waals surface area contributed by atoms with Crippen molar-refractivity contribution in [1.29, 1.82) is 0 Å². The summed E-state index contributed by atoms with van der Waals surface area (Å²) in [5.74, 6) is -1.34. The third-order valence-electron chi connectivity index (χ3n) is 2.10. The zero-order valence-electron chi connectivity index (χ0n) is 10.0. The summed E-state index contributed by atoms with van der Waals surface area (Å²) in [5, 5.41) is 8.69. The zero-order chi connectivity index (χ0) is 13.4. The number of nitrogens with zero attached hydrogens (tertiary/aromatic N) is 1. The lowest BCUT2D eigenvalue weighted by atomic mass is 10.2. The van der Waals surface area contributed by atoms with Gasteiger partial charge in [-0.2, -0.15) is 11.8 Å². The van der Waals surface area contributed by atoms with E-state index in [4.69, 9.17) is 10.8 Å². The molecule has 2 amide bonds. The number of amides is 2. The number of rotatable bonds is 8. The summed E-state index contributed by atoms with van der Waals surface area (Å²) in [6.07, 6.45) is 0.279. The van der Waals surface area contributed by atoms with Gasteiger partial charge in [0.2, 0.25) is 11.8 Å². The van der Waals surface area contributed by atoms with Crippen LogP contribution in [-0.2, 0) is 14.4 Å². The first-order chi connectivity index (χ1) is 7.84. The van der Waals surface area contributed by atoms with Crippen molar-refractivity contribution in [1.82, 2.24) is 4.90 Å². The number of nitrogens with two attached hydrogens (primary N) is 1. The first-order valence-corrected chi connectivity index (χ1v) is 6.33. The highest BCUT2D eigenvalue weighted by atomic mass is 32.2. The number of hydrogen-bond donors (Lipinski definition) is 2. The quantitative estimate of drug-likeness (QED) is 0.589. The van der Waals surface area contributed by atoms with E-state index in [1.807, 2.05) is 0 Å². The maximum atomic E-state index is 11.5. The molecule has 0 saturated heterocycles. The molecular weight excluding hydrogens is 244 g/mol. The normalized spacial score (nSPS) is 11.9. The monoisotopic (exact) mass is 262 g/mol. The van der Waals surface area contributed by atoms with Gasteiger partial charge in [0.25, 0.3) is 0 Å². The van der Waals surface area contributed by atoms with Gasteiger partial charge >= 0.3 is 5.97 Å². The molecule has 0 aliphatic heterocycles. The lowest BCUT2D eigenvalue weighted by Crippen LogP contribution is -2.33. The van der Waals surface area contributed by atoms with Crippen LogP contribution >= 0.6 is 11.8 Å². The smallest absolute Gasteiger partial charge is 0.308 e. The van der Waals surface area contributed by atoms with Crippen molar-refractivity contribution in [3.63, 3.8) is 0 Å². The maximum Gasteiger partial charge on any atom is 0.308 e. The first-order valence-electron chi connectivity index (χ1n) is 5.17. The summed E-state index contributed by atoms with van der Waals surface area (Å²) in [7, 11) is 1.57. The van der Waals surface area contributed by atoms with E-state index < -0.39 is 17.8 Å². The van der Waals surface area contributed by atoms with Gasteiger partial charge in [-0.05, 0) is 0 Å². The Balaban J connectivity index is 3.82. The molecule has 0 saturated carbocycles. The predicted octanol–water partition coefficient (Wildman–Crippen LogP) is -0.226. The van der Waals surface area contributed by atoms with Crippen molar-refractivity contribution in [2.75, 3.05) is 25.1 Å². The molecule has 17 heavy (non-hydrogen) atoms. The van der Waals surface area contributed by atoms with Crippen LogP contribution < -0.4 is 5.73 Å². The molecule has 0 heterocycles. The van der Waals surface area contributed by atoms with Gasteiger partial charge in [0, 0.05) is 25.8 Å². The number of carbonyl (C=O) groups is 3. The topological polar surface area (TPSA) is 101 Å². The number of aliphatic carboxylic acids is 1. The Bertz CT molecular complexity index is 296. The maximum absolute atomic E-state index is 11.5. The molecule has 0 spiro atoms. The van der Waals surface area contributed by atoms with Crippen molar-refractivity contribution < 1.29 is 19.5 Å². The van der Waals surface area contributed by atoms with Gasteiger partial charge in [-0.15, -0.1) is 0 Å². The standard InChI is InChI=1S/C10H18N2O4S/c1-7(10(15)16)5-12(2)9(14)3-4-17-6-8(11)13/h7H,3-6H2,1-2H3,(H2,11,13)(H,15,16). The summed E-state index contributed by atoms with van der Waals surface area (Å²) >= 11 is 1.29. The van der Waals surface area contributed by atoms with Crippen molar-refractivity contribution >= 4 is 29.5 Å². The minimum absolute atomic E-state index is 0.130. The van der Waals surface area contributed by atoms with Crippen LogP contribution in [0.25, 0.3) is 0 Å². The van der Waals surface area contributed by atoms with Gasteiger partial charge in [-0.1, -0.05) is 6.92 Å². The van der Waals surface area contributed by atoms with Gasteiger partial charge in [-0.25, -0.2) is 0 Å². The molecule has 6 nitrogen and oxygen atoms in total. The third-order valence-corrected chi connectivity index (χ3v) is 3.08. The molecule has 0 aromatic heterocycles. The third kappa shape index (κ3) is 7.62. The number of carboxylic acid groups (broad SMARTS) is 1. The van der Waals surface area contributed by atoms with Crippen molar-refractivity contribution in [2.45, 2.75) is 13.3 Å². The SMILES string of the molecule is CC(CN(C)C(=O)CCSCC(N)=O)C(=O)O. The fourth-order valence-corrected chi connectivity index (χ4v) is 1.78. The fraction of sp³-hybridized carbons (Fsp3) is 0.700. The van der Waals surface area contributed by atoms with E-state index in [9.17, 15) is 14.4 Å². The number of carbonyl (C=O) groups excluding carboxylic acids is 2. The minimum Gasteiger partial charge on any atom is -0.481 e. The van der Waals surface area contributed by atoms with Crippen LogP contribution in [0.1, 0.15) is 13.3 Å². The van der Waals surface area contributed by atoms with E-state index >= 15 is 0 Å². The van der Waals surface area contributed by atoms with Crippen LogP contribution in [0.2, 0.25) is 0 Å². The number of thioether (sulfide) groups is 1. The van der Waals surface area contributed by atoms with Gasteiger partial charge in [-0.3, -0.25) is 14.4 Å². The Hall–Kier alpha value is -1.24. The second-order valence-corrected chi connectivity index (χ2v) is 4.89. The van der Waals surface area contributed by atoms with E-state index in [2.05, 4.69) is 0 Å². The van der Waals surface area contributed by atoms with E-state index in [1.54, 1.807) is 14.0 Å². The van der Waals surface area contributed by atoms with Crippen molar-refractivity contribution in [2.24, 2.45) is 11.7 Å². The van der Waals surface area contributed by atoms with Gasteiger partial charge in [0.15, 0.2) is 0 Å². The zero-order valence-corrected chi connectivity index (χ0v) is 10.8. The summed E-state index contributed by atoms with van der Waals surface area (Å²) in [6, 6.07) is 0. The van der Waals surface area contributed by atoms with E-state index in [-0.39, 0.29) is 24.6 Å². The molecular formula is C10H18N2O4S. The van der Waals surface area contributed by atoms with E-state index in [0.29, 0.717) is 5.75 Å². The first kappa shape index (κ1) is 15.8. The molecule has 7 heteroatoms. The second kappa shape index (κ2) is 7.94. The van der Waals surface area contributed by atoms with Crippen LogP contribution in [0.15, 0.2) is 0 Å². The molecule has 1 unspecified atom stereocenters. The van der Waals surface area contributed by atoms with Crippen LogP contribution in [-0.4, -0.2) is 52.9 Å². The molecule has 0 aromatic carbocycles. The highest BCUT2D eigenvalue weighted by Crippen LogP contribution is 2.05. The molecule has 1 atom stereocenters. The molecule has 0 fully saturated rings. The molecule has 0 rings (SSSR count). The number of hydrogen-bond acceptors (Lipinski definition) is 4. The van der Waals surface area contributed by atoms with Gasteiger partial charge < -0.3 is 15.7 Å². The Labute approximate surface area is 105 Å². The fourth-order valence-electron chi connectivity index (χ4n) is 1.11. The number of primary amides is 1. The Kier molecular flexibility index (Phi) is 7.36. The number of carboxylic acids is 1. The molecule has 0 aliphatic carbocycles. The van der Waals surface area contributed by atoms with Crippen LogP contribution in [0.5, 0.6) is 0 Å². The highest BCUT2D eigenvalue weighted by molar-refractivity contribution is 7.99. The van der Waals surface area contributed by atoms with Crippen LogP contribution in [0.3, 0.4) is 0 Å². The second-order valence-electron chi connectivity index (χ2n) is 3.78. The lowest BCUT2D eigenvalue weighted by Gasteiger charge is -2.19. The lowest BCUT2D eigenvalue weighted by molar-refractivity contribution is -0.142. The highest BCUT2D eigenvalue weighted by Gasteiger charge is 2.16. The summed E-state index contributed by atoms with van der Waals surface area (Å²) in [6.45, 7) is 1.74. The molecule has 0 aromatic rings. The molecule has 0 aliphatic rings. The van der Waals surface area contributed by atoms with E-state index in [1.165, 1.54) is 16.7 Å². The van der Waals surface area contributed by atoms with Crippen LogP contribution in [0, 0.1) is 5.92 Å². The Morgan fingerprint density at radius 3 is 2.47 bits per heavy atom. The van der Waals surface area contributed by atoms with Gasteiger partial charge in [0.05, 0.1) is 11.7 Å². The Morgan fingerprint density at radius 2 is 2.00 bits per heavy atom. The largest absolute Gasteiger partial charge is 0.481 e. The van der Waals surface area contributed by atoms with Gasteiger partial charge in [0.1, 0.15) is 0 Å². The average Bonchev–Trinajstić information content (AvgIpc) is 2.23. The molecule has 0 bridgehead atoms. The Morgan fingerprint density at radius 1 is 1.41 bits per heavy atom.